The molecule has 0 saturated carbocycles. The van der Waals surface area contributed by atoms with E-state index in [1.165, 1.54) is 24.8 Å². The topological polar surface area (TPSA) is 36.5 Å². The molecule has 1 aliphatic rings. The van der Waals surface area contributed by atoms with Crippen molar-refractivity contribution in [3.63, 3.8) is 0 Å². The van der Waals surface area contributed by atoms with Gasteiger partial charge in [0, 0.05) is 13.1 Å². The predicted molar refractivity (Wildman–Crippen MR) is 95.4 cm³/mol. The molecule has 1 aromatic carbocycles. The largest absolute Gasteiger partial charge is 0.497 e. The molecule has 0 aromatic heterocycles. The van der Waals surface area contributed by atoms with E-state index in [2.05, 4.69) is 34.6 Å². The minimum absolute atomic E-state index is 0.350. The SMILES string of the molecule is CCNC(=S)NC[C@H](c1ccc(OC)cc1)N1CCCCC1. The number of hydrogen-bond donors (Lipinski definition) is 2. The fourth-order valence-electron chi connectivity index (χ4n) is 2.93. The van der Waals surface area contributed by atoms with Gasteiger partial charge in [-0.25, -0.2) is 0 Å². The number of rotatable bonds is 6. The van der Waals surface area contributed by atoms with E-state index in [-0.39, 0.29) is 0 Å². The molecule has 5 heteroatoms. The molecule has 1 heterocycles. The Hall–Kier alpha value is -1.33. The molecule has 122 valence electrons. The summed E-state index contributed by atoms with van der Waals surface area (Å²) < 4.78 is 5.26. The van der Waals surface area contributed by atoms with Gasteiger partial charge in [0.25, 0.3) is 0 Å². The van der Waals surface area contributed by atoms with Gasteiger partial charge in [0.2, 0.25) is 0 Å². The van der Waals surface area contributed by atoms with Gasteiger partial charge >= 0.3 is 0 Å². The fraction of sp³-hybridized carbons (Fsp3) is 0.588. The lowest BCUT2D eigenvalue weighted by Crippen LogP contribution is -2.43. The van der Waals surface area contributed by atoms with Crippen molar-refractivity contribution in [3.05, 3.63) is 29.8 Å². The van der Waals surface area contributed by atoms with Crippen molar-refractivity contribution in [1.29, 1.82) is 0 Å². The molecule has 0 bridgehead atoms. The van der Waals surface area contributed by atoms with Gasteiger partial charge in [-0.1, -0.05) is 18.6 Å². The average Bonchev–Trinajstić information content (AvgIpc) is 2.57. The lowest BCUT2D eigenvalue weighted by atomic mass is 10.0. The minimum atomic E-state index is 0.350. The molecule has 22 heavy (non-hydrogen) atoms. The van der Waals surface area contributed by atoms with Gasteiger partial charge in [0.05, 0.1) is 13.2 Å². The second kappa shape index (κ2) is 8.96. The molecule has 0 unspecified atom stereocenters. The average molecular weight is 321 g/mol. The van der Waals surface area contributed by atoms with E-state index < -0.39 is 0 Å². The summed E-state index contributed by atoms with van der Waals surface area (Å²) in [6.45, 7) is 6.05. The van der Waals surface area contributed by atoms with E-state index in [9.17, 15) is 0 Å². The summed E-state index contributed by atoms with van der Waals surface area (Å²) >= 11 is 5.30. The van der Waals surface area contributed by atoms with Gasteiger partial charge in [0.1, 0.15) is 5.75 Å². The summed E-state index contributed by atoms with van der Waals surface area (Å²) in [5.74, 6) is 0.900. The summed E-state index contributed by atoms with van der Waals surface area (Å²) in [5, 5.41) is 7.25. The van der Waals surface area contributed by atoms with Crippen molar-refractivity contribution in [2.75, 3.05) is 33.3 Å². The highest BCUT2D eigenvalue weighted by Crippen LogP contribution is 2.25. The number of piperidine rings is 1. The van der Waals surface area contributed by atoms with Crippen LogP contribution in [0.3, 0.4) is 0 Å². The Morgan fingerprint density at radius 3 is 2.45 bits per heavy atom. The number of methoxy groups -OCH3 is 1. The molecule has 4 nitrogen and oxygen atoms in total. The van der Waals surface area contributed by atoms with Crippen molar-refractivity contribution in [3.8, 4) is 5.75 Å². The summed E-state index contributed by atoms with van der Waals surface area (Å²) in [6, 6.07) is 8.75. The molecule has 2 N–H and O–H groups in total. The van der Waals surface area contributed by atoms with E-state index in [0.29, 0.717) is 6.04 Å². The summed E-state index contributed by atoms with van der Waals surface area (Å²) in [4.78, 5) is 2.56. The van der Waals surface area contributed by atoms with E-state index in [1.807, 2.05) is 12.1 Å². The molecule has 1 atom stereocenters. The lowest BCUT2D eigenvalue weighted by molar-refractivity contribution is 0.164. The Labute approximate surface area is 139 Å². The summed E-state index contributed by atoms with van der Waals surface area (Å²) in [7, 11) is 1.70. The Bertz CT molecular complexity index is 457. The van der Waals surface area contributed by atoms with Crippen LogP contribution < -0.4 is 15.4 Å². The Morgan fingerprint density at radius 2 is 1.86 bits per heavy atom. The molecule has 1 aromatic rings. The zero-order chi connectivity index (χ0) is 15.8. The van der Waals surface area contributed by atoms with Crippen LogP contribution in [0, 0.1) is 0 Å². The van der Waals surface area contributed by atoms with Crippen molar-refractivity contribution >= 4 is 17.3 Å². The van der Waals surface area contributed by atoms with E-state index in [1.54, 1.807) is 7.11 Å². The van der Waals surface area contributed by atoms with Crippen molar-refractivity contribution in [2.45, 2.75) is 32.2 Å². The third-order valence-corrected chi connectivity index (χ3v) is 4.41. The molecule has 1 fully saturated rings. The number of hydrogen-bond acceptors (Lipinski definition) is 3. The maximum atomic E-state index is 5.30. The van der Waals surface area contributed by atoms with Crippen molar-refractivity contribution in [2.24, 2.45) is 0 Å². The zero-order valence-corrected chi connectivity index (χ0v) is 14.4. The first kappa shape index (κ1) is 17.0. The molecule has 0 spiro atoms. The maximum Gasteiger partial charge on any atom is 0.166 e. The van der Waals surface area contributed by atoms with Crippen molar-refractivity contribution < 1.29 is 4.74 Å². The molecule has 1 aliphatic heterocycles. The van der Waals surface area contributed by atoms with Crippen LogP contribution in [0.2, 0.25) is 0 Å². The van der Waals surface area contributed by atoms with Gasteiger partial charge in [-0.05, 0) is 62.8 Å². The summed E-state index contributed by atoms with van der Waals surface area (Å²) in [6.07, 6.45) is 3.91. The second-order valence-electron chi connectivity index (χ2n) is 5.63. The number of ether oxygens (including phenoxy) is 1. The number of nitrogens with zero attached hydrogens (tertiary/aromatic N) is 1. The third kappa shape index (κ3) is 4.85. The first-order chi connectivity index (χ1) is 10.7. The van der Waals surface area contributed by atoms with Crippen molar-refractivity contribution in [1.82, 2.24) is 15.5 Å². The highest BCUT2D eigenvalue weighted by Gasteiger charge is 2.22. The Balaban J connectivity index is 2.07. The van der Waals surface area contributed by atoms with Crippen LogP contribution >= 0.6 is 12.2 Å². The van der Waals surface area contributed by atoms with Crippen LogP contribution in [0.15, 0.2) is 24.3 Å². The standard InChI is InChI=1S/C17H27N3OS/c1-3-18-17(22)19-13-16(20-11-5-4-6-12-20)14-7-9-15(21-2)10-8-14/h7-10,16H,3-6,11-13H2,1-2H3,(H2,18,19,22)/t16-/m1/s1. The fourth-order valence-corrected chi connectivity index (χ4v) is 3.15. The van der Waals surface area contributed by atoms with Crippen LogP contribution in [-0.4, -0.2) is 43.3 Å². The smallest absolute Gasteiger partial charge is 0.166 e. The number of thiocarbonyl (C=S) groups is 1. The number of nitrogens with one attached hydrogen (secondary N) is 2. The minimum Gasteiger partial charge on any atom is -0.497 e. The molecule has 0 radical (unpaired) electrons. The van der Waals surface area contributed by atoms with Crippen LogP contribution in [0.5, 0.6) is 5.75 Å². The van der Waals surface area contributed by atoms with Crippen LogP contribution in [0.4, 0.5) is 0 Å². The number of likely N-dealkylation sites (tertiary alicyclic amines) is 1. The van der Waals surface area contributed by atoms with Gasteiger partial charge in [-0.2, -0.15) is 0 Å². The van der Waals surface area contributed by atoms with Gasteiger partial charge in [0.15, 0.2) is 5.11 Å². The lowest BCUT2D eigenvalue weighted by Gasteiger charge is -2.35. The van der Waals surface area contributed by atoms with Gasteiger partial charge in [-0.3, -0.25) is 4.90 Å². The third-order valence-electron chi connectivity index (χ3n) is 4.13. The van der Waals surface area contributed by atoms with Gasteiger partial charge < -0.3 is 15.4 Å². The van der Waals surface area contributed by atoms with Crippen LogP contribution in [-0.2, 0) is 0 Å². The van der Waals surface area contributed by atoms with E-state index in [4.69, 9.17) is 17.0 Å². The quantitative estimate of drug-likeness (QED) is 0.788. The molecule has 2 rings (SSSR count). The highest BCUT2D eigenvalue weighted by molar-refractivity contribution is 7.80. The highest BCUT2D eigenvalue weighted by atomic mass is 32.1. The predicted octanol–water partition coefficient (Wildman–Crippen LogP) is 2.71. The molecule has 0 aliphatic carbocycles. The number of benzene rings is 1. The molecule has 1 saturated heterocycles. The van der Waals surface area contributed by atoms with E-state index >= 15 is 0 Å². The van der Waals surface area contributed by atoms with Gasteiger partial charge in [-0.15, -0.1) is 0 Å². The van der Waals surface area contributed by atoms with Crippen LogP contribution in [0.25, 0.3) is 0 Å². The first-order valence-corrected chi connectivity index (χ1v) is 8.55. The van der Waals surface area contributed by atoms with Crippen LogP contribution in [0.1, 0.15) is 37.8 Å². The second-order valence-corrected chi connectivity index (χ2v) is 6.03. The first-order valence-electron chi connectivity index (χ1n) is 8.14. The normalized spacial score (nSPS) is 16.8. The molecular weight excluding hydrogens is 294 g/mol. The van der Waals surface area contributed by atoms with E-state index in [0.717, 1.165) is 37.0 Å². The zero-order valence-electron chi connectivity index (χ0n) is 13.6. The Morgan fingerprint density at radius 1 is 1.18 bits per heavy atom. The maximum absolute atomic E-state index is 5.30. The monoisotopic (exact) mass is 321 g/mol. The summed E-state index contributed by atoms with van der Waals surface area (Å²) in [5.41, 5.74) is 1.31. The molecule has 0 amide bonds. The Kier molecular flexibility index (Phi) is 6.93. The molecular formula is C17H27N3OS.